The van der Waals surface area contributed by atoms with Crippen LogP contribution in [0.25, 0.3) is 0 Å². The zero-order valence-electron chi connectivity index (χ0n) is 14.4. The number of guanidine groups is 1. The average molecular weight is 449 g/mol. The number of rotatable bonds is 4. The van der Waals surface area contributed by atoms with Gasteiger partial charge in [0.2, 0.25) is 0 Å². The zero-order valence-corrected chi connectivity index (χ0v) is 17.6. The van der Waals surface area contributed by atoms with Crippen LogP contribution in [0.3, 0.4) is 0 Å². The molecule has 1 N–H and O–H groups in total. The van der Waals surface area contributed by atoms with Gasteiger partial charge >= 0.3 is 0 Å². The third-order valence-electron chi connectivity index (χ3n) is 3.98. The number of nitrogens with one attached hydrogen (secondary N) is 1. The van der Waals surface area contributed by atoms with Crippen molar-refractivity contribution < 1.29 is 4.74 Å². The SMILES string of the molecule is CN=C(NCc1ccccc1OC)N1CCSC(C(C)C)C1.I. The molecule has 130 valence electrons. The van der Waals surface area contributed by atoms with Gasteiger partial charge in [-0.15, -0.1) is 24.0 Å². The highest BCUT2D eigenvalue weighted by Crippen LogP contribution is 2.25. The van der Waals surface area contributed by atoms with Crippen LogP contribution in [0.4, 0.5) is 0 Å². The molecule has 1 atom stereocenters. The minimum absolute atomic E-state index is 0. The first-order valence-electron chi connectivity index (χ1n) is 7.84. The number of nitrogens with zero attached hydrogens (tertiary/aromatic N) is 2. The number of ether oxygens (including phenoxy) is 1. The molecular weight excluding hydrogens is 421 g/mol. The minimum Gasteiger partial charge on any atom is -0.496 e. The molecule has 0 saturated carbocycles. The normalized spacial score (nSPS) is 18.6. The van der Waals surface area contributed by atoms with E-state index in [1.807, 2.05) is 25.2 Å². The molecule has 0 amide bonds. The predicted octanol–water partition coefficient (Wildman–Crippen LogP) is 3.46. The average Bonchev–Trinajstić information content (AvgIpc) is 2.56. The van der Waals surface area contributed by atoms with Gasteiger partial charge in [-0.3, -0.25) is 4.99 Å². The van der Waals surface area contributed by atoms with Crippen LogP contribution in [0.5, 0.6) is 5.75 Å². The zero-order chi connectivity index (χ0) is 15.9. The number of halogens is 1. The lowest BCUT2D eigenvalue weighted by atomic mass is 10.1. The third kappa shape index (κ3) is 5.74. The Bertz CT molecular complexity index is 510. The van der Waals surface area contributed by atoms with Crippen molar-refractivity contribution in [1.82, 2.24) is 10.2 Å². The number of hydrogen-bond acceptors (Lipinski definition) is 3. The molecule has 0 spiro atoms. The fraction of sp³-hybridized carbons (Fsp3) is 0.588. The van der Waals surface area contributed by atoms with E-state index in [9.17, 15) is 0 Å². The van der Waals surface area contributed by atoms with Gasteiger partial charge in [-0.2, -0.15) is 11.8 Å². The first kappa shape index (κ1) is 20.4. The van der Waals surface area contributed by atoms with Crippen LogP contribution in [-0.4, -0.2) is 49.1 Å². The molecule has 1 saturated heterocycles. The van der Waals surface area contributed by atoms with Crippen molar-refractivity contribution in [2.24, 2.45) is 10.9 Å². The molecule has 2 rings (SSSR count). The highest BCUT2D eigenvalue weighted by atomic mass is 127. The van der Waals surface area contributed by atoms with Crippen LogP contribution < -0.4 is 10.1 Å². The van der Waals surface area contributed by atoms with E-state index < -0.39 is 0 Å². The van der Waals surface area contributed by atoms with Crippen molar-refractivity contribution in [2.45, 2.75) is 25.6 Å². The van der Waals surface area contributed by atoms with E-state index in [1.54, 1.807) is 7.11 Å². The fourth-order valence-corrected chi connectivity index (χ4v) is 3.93. The topological polar surface area (TPSA) is 36.9 Å². The van der Waals surface area contributed by atoms with Crippen molar-refractivity contribution in [1.29, 1.82) is 0 Å². The number of benzene rings is 1. The largest absolute Gasteiger partial charge is 0.496 e. The molecule has 0 aromatic heterocycles. The van der Waals surface area contributed by atoms with Gasteiger partial charge < -0.3 is 15.0 Å². The molecule has 1 aromatic rings. The molecule has 1 unspecified atom stereocenters. The molecule has 1 heterocycles. The number of hydrogen-bond donors (Lipinski definition) is 1. The Morgan fingerprint density at radius 2 is 2.17 bits per heavy atom. The van der Waals surface area contributed by atoms with Crippen molar-refractivity contribution in [3.8, 4) is 5.75 Å². The van der Waals surface area contributed by atoms with Crippen molar-refractivity contribution >= 4 is 41.7 Å². The lowest BCUT2D eigenvalue weighted by molar-refractivity contribution is 0.379. The number of aliphatic imine (C=N–C) groups is 1. The maximum absolute atomic E-state index is 5.41. The predicted molar refractivity (Wildman–Crippen MR) is 111 cm³/mol. The monoisotopic (exact) mass is 449 g/mol. The Balaban J connectivity index is 0.00000264. The highest BCUT2D eigenvalue weighted by molar-refractivity contribution is 14.0. The second-order valence-corrected chi connectivity index (χ2v) is 7.16. The van der Waals surface area contributed by atoms with Crippen molar-refractivity contribution in [3.05, 3.63) is 29.8 Å². The van der Waals surface area contributed by atoms with Gasteiger partial charge in [-0.1, -0.05) is 32.0 Å². The summed E-state index contributed by atoms with van der Waals surface area (Å²) in [4.78, 5) is 6.83. The van der Waals surface area contributed by atoms with Gasteiger partial charge in [0.25, 0.3) is 0 Å². The summed E-state index contributed by atoms with van der Waals surface area (Å²) in [6.45, 7) is 7.44. The van der Waals surface area contributed by atoms with Crippen LogP contribution in [0, 0.1) is 5.92 Å². The maximum Gasteiger partial charge on any atom is 0.193 e. The first-order chi connectivity index (χ1) is 10.7. The van der Waals surface area contributed by atoms with Gasteiger partial charge in [0.15, 0.2) is 5.96 Å². The van der Waals surface area contributed by atoms with E-state index in [0.717, 1.165) is 42.7 Å². The van der Waals surface area contributed by atoms with Gasteiger partial charge in [0, 0.05) is 43.2 Å². The number of methoxy groups -OCH3 is 1. The maximum atomic E-state index is 5.41. The lowest BCUT2D eigenvalue weighted by Crippen LogP contribution is -2.48. The smallest absolute Gasteiger partial charge is 0.193 e. The highest BCUT2D eigenvalue weighted by Gasteiger charge is 2.24. The lowest BCUT2D eigenvalue weighted by Gasteiger charge is -2.36. The molecule has 1 aliphatic heterocycles. The summed E-state index contributed by atoms with van der Waals surface area (Å²) in [5, 5.41) is 4.16. The van der Waals surface area contributed by atoms with E-state index in [1.165, 1.54) is 0 Å². The summed E-state index contributed by atoms with van der Waals surface area (Å²) >= 11 is 2.08. The molecule has 1 fully saturated rings. The van der Waals surface area contributed by atoms with Crippen molar-refractivity contribution in [3.63, 3.8) is 0 Å². The molecule has 0 bridgehead atoms. The fourth-order valence-electron chi connectivity index (χ4n) is 2.63. The van der Waals surface area contributed by atoms with E-state index in [2.05, 4.69) is 46.9 Å². The Morgan fingerprint density at radius 1 is 1.43 bits per heavy atom. The Hall–Kier alpha value is -0.630. The summed E-state index contributed by atoms with van der Waals surface area (Å²) in [6, 6.07) is 8.11. The Morgan fingerprint density at radius 3 is 2.83 bits per heavy atom. The molecule has 6 heteroatoms. The van der Waals surface area contributed by atoms with E-state index in [0.29, 0.717) is 11.2 Å². The minimum atomic E-state index is 0. The van der Waals surface area contributed by atoms with Gasteiger partial charge in [0.1, 0.15) is 5.75 Å². The van der Waals surface area contributed by atoms with Gasteiger partial charge in [-0.05, 0) is 12.0 Å². The molecule has 23 heavy (non-hydrogen) atoms. The number of thioether (sulfide) groups is 1. The second kappa shape index (κ2) is 10.3. The summed E-state index contributed by atoms with van der Waals surface area (Å²) < 4.78 is 5.41. The van der Waals surface area contributed by atoms with Crippen LogP contribution >= 0.6 is 35.7 Å². The van der Waals surface area contributed by atoms with Crippen LogP contribution in [-0.2, 0) is 6.54 Å². The van der Waals surface area contributed by atoms with E-state index in [-0.39, 0.29) is 24.0 Å². The third-order valence-corrected chi connectivity index (χ3v) is 5.52. The molecule has 0 radical (unpaired) electrons. The van der Waals surface area contributed by atoms with Crippen LogP contribution in [0.15, 0.2) is 29.3 Å². The molecular formula is C17H28IN3OS. The summed E-state index contributed by atoms with van der Waals surface area (Å²) in [7, 11) is 3.57. The standard InChI is InChI=1S/C17H27N3OS.HI/c1-13(2)16-12-20(9-10-22-16)17(18-3)19-11-14-7-5-6-8-15(14)21-4;/h5-8,13,16H,9-12H2,1-4H3,(H,18,19);1H. The second-order valence-electron chi connectivity index (χ2n) is 5.81. The van der Waals surface area contributed by atoms with Gasteiger partial charge in [-0.25, -0.2) is 0 Å². The summed E-state index contributed by atoms with van der Waals surface area (Å²) in [5.74, 6) is 3.76. The quantitative estimate of drug-likeness (QED) is 0.434. The molecule has 1 aromatic carbocycles. The van der Waals surface area contributed by atoms with Gasteiger partial charge in [0.05, 0.1) is 7.11 Å². The van der Waals surface area contributed by atoms with E-state index in [4.69, 9.17) is 4.74 Å². The summed E-state index contributed by atoms with van der Waals surface area (Å²) in [5.41, 5.74) is 1.15. The van der Waals surface area contributed by atoms with Crippen molar-refractivity contribution in [2.75, 3.05) is 33.0 Å². The first-order valence-corrected chi connectivity index (χ1v) is 8.89. The summed E-state index contributed by atoms with van der Waals surface area (Å²) in [6.07, 6.45) is 0. The Labute approximate surface area is 161 Å². The number of para-hydroxylation sites is 1. The van der Waals surface area contributed by atoms with Crippen LogP contribution in [0.1, 0.15) is 19.4 Å². The molecule has 0 aliphatic carbocycles. The molecule has 4 nitrogen and oxygen atoms in total. The van der Waals surface area contributed by atoms with Crippen LogP contribution in [0.2, 0.25) is 0 Å². The van der Waals surface area contributed by atoms with E-state index >= 15 is 0 Å². The molecule has 1 aliphatic rings. The Kier molecular flexibility index (Phi) is 9.12.